The molecular formula is C17H18BrN3. The van der Waals surface area contributed by atoms with Crippen molar-refractivity contribution in [3.05, 3.63) is 46.9 Å². The van der Waals surface area contributed by atoms with Crippen molar-refractivity contribution >= 4 is 32.7 Å². The quantitative estimate of drug-likeness (QED) is 0.728. The molecule has 0 saturated heterocycles. The summed E-state index contributed by atoms with van der Waals surface area (Å²) in [7, 11) is 1.93. The van der Waals surface area contributed by atoms with Gasteiger partial charge >= 0.3 is 0 Å². The SMILES string of the molecule is CCCn1c(-c2ccc(NC)cc2)nc2cc(Br)ccc21. The Hall–Kier alpha value is -1.81. The molecule has 0 aliphatic rings. The Bertz CT molecular complexity index is 760. The van der Waals surface area contributed by atoms with E-state index >= 15 is 0 Å². The maximum Gasteiger partial charge on any atom is 0.141 e. The van der Waals surface area contributed by atoms with Crippen molar-refractivity contribution in [1.29, 1.82) is 0 Å². The second-order valence-electron chi connectivity index (χ2n) is 5.05. The van der Waals surface area contributed by atoms with E-state index < -0.39 is 0 Å². The van der Waals surface area contributed by atoms with Crippen LogP contribution in [0, 0.1) is 0 Å². The maximum atomic E-state index is 4.83. The summed E-state index contributed by atoms with van der Waals surface area (Å²) in [6.45, 7) is 3.17. The highest BCUT2D eigenvalue weighted by Gasteiger charge is 2.12. The standard InChI is InChI=1S/C17H18BrN3/c1-3-10-21-16-9-6-13(18)11-15(16)20-17(21)12-4-7-14(19-2)8-5-12/h4-9,11,19H,3,10H2,1-2H3. The summed E-state index contributed by atoms with van der Waals surface area (Å²) in [6.07, 6.45) is 1.09. The van der Waals surface area contributed by atoms with E-state index in [9.17, 15) is 0 Å². The highest BCUT2D eigenvalue weighted by molar-refractivity contribution is 9.10. The number of nitrogens with one attached hydrogen (secondary N) is 1. The van der Waals surface area contributed by atoms with Crippen molar-refractivity contribution in [2.45, 2.75) is 19.9 Å². The van der Waals surface area contributed by atoms with Crippen molar-refractivity contribution in [2.75, 3.05) is 12.4 Å². The molecule has 108 valence electrons. The Labute approximate surface area is 133 Å². The van der Waals surface area contributed by atoms with Crippen LogP contribution in [0.15, 0.2) is 46.9 Å². The van der Waals surface area contributed by atoms with Gasteiger partial charge in [-0.25, -0.2) is 4.98 Å². The van der Waals surface area contributed by atoms with E-state index in [-0.39, 0.29) is 0 Å². The molecule has 3 aromatic rings. The van der Waals surface area contributed by atoms with Crippen LogP contribution in [0.5, 0.6) is 0 Å². The molecule has 0 atom stereocenters. The van der Waals surface area contributed by atoms with E-state index in [4.69, 9.17) is 4.98 Å². The first-order chi connectivity index (χ1) is 10.2. The largest absolute Gasteiger partial charge is 0.388 e. The van der Waals surface area contributed by atoms with Gasteiger partial charge in [0, 0.05) is 29.3 Å². The van der Waals surface area contributed by atoms with Gasteiger partial charge in [0.05, 0.1) is 11.0 Å². The topological polar surface area (TPSA) is 29.9 Å². The number of hydrogen-bond donors (Lipinski definition) is 1. The Balaban J connectivity index is 2.17. The van der Waals surface area contributed by atoms with Gasteiger partial charge in [-0.3, -0.25) is 0 Å². The van der Waals surface area contributed by atoms with Crippen LogP contribution in [0.1, 0.15) is 13.3 Å². The summed E-state index contributed by atoms with van der Waals surface area (Å²) in [6, 6.07) is 14.7. The molecule has 0 aliphatic heterocycles. The van der Waals surface area contributed by atoms with Gasteiger partial charge in [-0.1, -0.05) is 22.9 Å². The molecule has 0 fully saturated rings. The smallest absolute Gasteiger partial charge is 0.141 e. The average molecular weight is 344 g/mol. The zero-order valence-corrected chi connectivity index (χ0v) is 13.8. The number of fused-ring (bicyclic) bond motifs is 1. The number of imidazole rings is 1. The zero-order valence-electron chi connectivity index (χ0n) is 12.2. The molecular weight excluding hydrogens is 326 g/mol. The first-order valence-electron chi connectivity index (χ1n) is 7.17. The number of halogens is 1. The van der Waals surface area contributed by atoms with E-state index in [2.05, 4.69) is 75.2 Å². The van der Waals surface area contributed by atoms with Crippen LogP contribution in [0.3, 0.4) is 0 Å². The summed E-state index contributed by atoms with van der Waals surface area (Å²) in [4.78, 5) is 4.83. The van der Waals surface area contributed by atoms with Crippen molar-refractivity contribution in [2.24, 2.45) is 0 Å². The lowest BCUT2D eigenvalue weighted by Crippen LogP contribution is -1.99. The van der Waals surface area contributed by atoms with Crippen molar-refractivity contribution in [3.63, 3.8) is 0 Å². The van der Waals surface area contributed by atoms with Gasteiger partial charge in [0.15, 0.2) is 0 Å². The predicted molar refractivity (Wildman–Crippen MR) is 92.7 cm³/mol. The molecule has 0 radical (unpaired) electrons. The molecule has 2 aromatic carbocycles. The van der Waals surface area contributed by atoms with Crippen LogP contribution in [0.25, 0.3) is 22.4 Å². The van der Waals surface area contributed by atoms with Crippen LogP contribution >= 0.6 is 15.9 Å². The molecule has 0 unspecified atom stereocenters. The molecule has 0 spiro atoms. The van der Waals surface area contributed by atoms with Gasteiger partial charge in [0.25, 0.3) is 0 Å². The predicted octanol–water partition coefficient (Wildman–Crippen LogP) is 4.92. The summed E-state index contributed by atoms with van der Waals surface area (Å²) in [5.41, 5.74) is 4.48. The first-order valence-corrected chi connectivity index (χ1v) is 7.96. The minimum atomic E-state index is 0.973. The highest BCUT2D eigenvalue weighted by Crippen LogP contribution is 2.28. The number of anilines is 1. The van der Waals surface area contributed by atoms with Crippen molar-refractivity contribution in [3.8, 4) is 11.4 Å². The minimum Gasteiger partial charge on any atom is -0.388 e. The van der Waals surface area contributed by atoms with E-state index in [1.54, 1.807) is 0 Å². The Morgan fingerprint density at radius 2 is 1.90 bits per heavy atom. The third-order valence-corrected chi connectivity index (χ3v) is 4.08. The van der Waals surface area contributed by atoms with Gasteiger partial charge in [-0.2, -0.15) is 0 Å². The lowest BCUT2D eigenvalue weighted by Gasteiger charge is -2.08. The molecule has 1 heterocycles. The lowest BCUT2D eigenvalue weighted by atomic mass is 10.2. The van der Waals surface area contributed by atoms with Gasteiger partial charge in [0.2, 0.25) is 0 Å². The van der Waals surface area contributed by atoms with Crippen LogP contribution in [0.2, 0.25) is 0 Å². The molecule has 0 aliphatic carbocycles. The number of nitrogens with zero attached hydrogens (tertiary/aromatic N) is 2. The fourth-order valence-electron chi connectivity index (χ4n) is 2.56. The van der Waals surface area contributed by atoms with Gasteiger partial charge in [0.1, 0.15) is 5.82 Å². The molecule has 0 saturated carbocycles. The number of aryl methyl sites for hydroxylation is 1. The molecule has 1 aromatic heterocycles. The Morgan fingerprint density at radius 1 is 1.14 bits per heavy atom. The Kier molecular flexibility index (Phi) is 3.97. The van der Waals surface area contributed by atoms with Crippen LogP contribution in [-0.2, 0) is 6.54 Å². The number of rotatable bonds is 4. The monoisotopic (exact) mass is 343 g/mol. The molecule has 0 bridgehead atoms. The summed E-state index contributed by atoms with van der Waals surface area (Å²) < 4.78 is 3.36. The molecule has 21 heavy (non-hydrogen) atoms. The van der Waals surface area contributed by atoms with Crippen molar-refractivity contribution < 1.29 is 0 Å². The van der Waals surface area contributed by atoms with Crippen molar-refractivity contribution in [1.82, 2.24) is 9.55 Å². The maximum absolute atomic E-state index is 4.83. The Morgan fingerprint density at radius 3 is 2.57 bits per heavy atom. The second-order valence-corrected chi connectivity index (χ2v) is 5.96. The fourth-order valence-corrected chi connectivity index (χ4v) is 2.91. The lowest BCUT2D eigenvalue weighted by molar-refractivity contribution is 0.704. The van der Waals surface area contributed by atoms with Gasteiger partial charge < -0.3 is 9.88 Å². The molecule has 4 heteroatoms. The molecule has 1 N–H and O–H groups in total. The highest BCUT2D eigenvalue weighted by atomic mass is 79.9. The van der Waals surface area contributed by atoms with Gasteiger partial charge in [-0.05, 0) is 48.9 Å². The fraction of sp³-hybridized carbons (Fsp3) is 0.235. The van der Waals surface area contributed by atoms with Gasteiger partial charge in [-0.15, -0.1) is 0 Å². The zero-order chi connectivity index (χ0) is 14.8. The average Bonchev–Trinajstić information content (AvgIpc) is 2.85. The number of hydrogen-bond acceptors (Lipinski definition) is 2. The molecule has 3 nitrogen and oxygen atoms in total. The number of aromatic nitrogens is 2. The van der Waals surface area contributed by atoms with Crippen LogP contribution in [-0.4, -0.2) is 16.6 Å². The second kappa shape index (κ2) is 5.90. The summed E-state index contributed by atoms with van der Waals surface area (Å²) in [5, 5.41) is 3.15. The van der Waals surface area contributed by atoms with E-state index in [0.717, 1.165) is 40.0 Å². The first kappa shape index (κ1) is 14.1. The summed E-state index contributed by atoms with van der Waals surface area (Å²) >= 11 is 3.52. The number of benzene rings is 2. The van der Waals surface area contributed by atoms with Crippen LogP contribution < -0.4 is 5.32 Å². The van der Waals surface area contributed by atoms with E-state index in [1.165, 1.54) is 5.52 Å². The molecule has 0 amide bonds. The van der Waals surface area contributed by atoms with E-state index in [1.807, 2.05) is 7.05 Å². The minimum absolute atomic E-state index is 0.973. The third kappa shape index (κ3) is 2.68. The molecule has 3 rings (SSSR count). The third-order valence-electron chi connectivity index (χ3n) is 3.59. The van der Waals surface area contributed by atoms with Crippen LogP contribution in [0.4, 0.5) is 5.69 Å². The normalized spacial score (nSPS) is 11.0. The van der Waals surface area contributed by atoms with E-state index in [0.29, 0.717) is 0 Å². The summed E-state index contributed by atoms with van der Waals surface area (Å²) in [5.74, 6) is 1.03.